The highest BCUT2D eigenvalue weighted by molar-refractivity contribution is 5.92. The number of aromatic nitrogens is 2. The van der Waals surface area contributed by atoms with Crippen LogP contribution >= 0.6 is 0 Å². The highest BCUT2D eigenvalue weighted by atomic mass is 16.2. The molecule has 0 bridgehead atoms. The Kier molecular flexibility index (Phi) is 4.54. The molecule has 0 radical (unpaired) electrons. The molecule has 0 spiro atoms. The minimum atomic E-state index is 0.315. The van der Waals surface area contributed by atoms with Gasteiger partial charge in [-0.2, -0.15) is 5.26 Å². The number of likely N-dealkylation sites (tertiary alicyclic amines) is 1. The Morgan fingerprint density at radius 2 is 2.19 bits per heavy atom. The molecule has 2 aromatic rings. The molecule has 6 nitrogen and oxygen atoms in total. The van der Waals surface area contributed by atoms with Crippen LogP contribution in [0.1, 0.15) is 44.6 Å². The van der Waals surface area contributed by atoms with Gasteiger partial charge in [0.25, 0.3) is 0 Å². The number of piperidine rings is 1. The first-order valence-electron chi connectivity index (χ1n) is 9.54. The molecule has 1 saturated heterocycles. The van der Waals surface area contributed by atoms with Crippen LogP contribution in [-0.4, -0.2) is 39.9 Å². The zero-order valence-electron chi connectivity index (χ0n) is 15.2. The zero-order chi connectivity index (χ0) is 18.1. The van der Waals surface area contributed by atoms with E-state index in [-0.39, 0.29) is 0 Å². The average Bonchev–Trinajstić information content (AvgIpc) is 3.09. The highest BCUT2D eigenvalue weighted by Gasteiger charge is 2.33. The molecular formula is C20H25N5O. The maximum atomic E-state index is 12.5. The molecule has 3 heterocycles. The van der Waals surface area contributed by atoms with Crippen molar-refractivity contribution in [3.05, 3.63) is 24.0 Å². The van der Waals surface area contributed by atoms with Crippen molar-refractivity contribution < 1.29 is 4.79 Å². The van der Waals surface area contributed by atoms with Crippen molar-refractivity contribution in [1.29, 1.82) is 5.26 Å². The number of nitrogens with zero attached hydrogens (tertiary/aromatic N) is 3. The molecular weight excluding hydrogens is 326 g/mol. The summed E-state index contributed by atoms with van der Waals surface area (Å²) in [7, 11) is 0. The second-order valence-corrected chi connectivity index (χ2v) is 7.84. The fourth-order valence-electron chi connectivity index (χ4n) is 4.11. The van der Waals surface area contributed by atoms with Crippen molar-refractivity contribution in [2.24, 2.45) is 11.8 Å². The summed E-state index contributed by atoms with van der Waals surface area (Å²) in [6.07, 6.45) is 8.33. The number of nitrogens with one attached hydrogen (secondary N) is 2. The first-order chi connectivity index (χ1) is 12.6. The average molecular weight is 351 g/mol. The fraction of sp³-hybridized carbons (Fsp3) is 0.550. The zero-order valence-corrected chi connectivity index (χ0v) is 15.2. The van der Waals surface area contributed by atoms with Crippen LogP contribution in [0.25, 0.3) is 11.0 Å². The van der Waals surface area contributed by atoms with Gasteiger partial charge in [0, 0.05) is 43.3 Å². The van der Waals surface area contributed by atoms with Crippen LogP contribution in [0, 0.1) is 23.2 Å². The summed E-state index contributed by atoms with van der Waals surface area (Å²) in [4.78, 5) is 21.9. The number of carbonyl (C=O) groups is 1. The van der Waals surface area contributed by atoms with Gasteiger partial charge in [0.1, 0.15) is 11.7 Å². The van der Waals surface area contributed by atoms with Crippen LogP contribution in [0.4, 0.5) is 5.69 Å². The van der Waals surface area contributed by atoms with Gasteiger partial charge < -0.3 is 15.2 Å². The van der Waals surface area contributed by atoms with Crippen LogP contribution in [0.3, 0.4) is 0 Å². The number of rotatable bonds is 4. The number of H-pyrrole nitrogens is 1. The third-order valence-electron chi connectivity index (χ3n) is 5.89. The summed E-state index contributed by atoms with van der Waals surface area (Å²) in [5, 5.41) is 13.8. The summed E-state index contributed by atoms with van der Waals surface area (Å²) in [6.45, 7) is 4.10. The van der Waals surface area contributed by atoms with Crippen molar-refractivity contribution in [3.8, 4) is 6.07 Å². The number of hydrogen-bond donors (Lipinski definition) is 2. The van der Waals surface area contributed by atoms with Gasteiger partial charge in [-0.3, -0.25) is 4.79 Å². The number of fused-ring (bicyclic) bond motifs is 1. The van der Waals surface area contributed by atoms with Crippen molar-refractivity contribution in [2.45, 2.75) is 45.1 Å². The highest BCUT2D eigenvalue weighted by Crippen LogP contribution is 2.36. The Morgan fingerprint density at radius 3 is 2.92 bits per heavy atom. The Hall–Kier alpha value is -2.55. The lowest BCUT2D eigenvalue weighted by molar-refractivity contribution is -0.134. The molecule has 1 aliphatic heterocycles. The van der Waals surface area contributed by atoms with Crippen molar-refractivity contribution in [1.82, 2.24) is 14.9 Å². The van der Waals surface area contributed by atoms with Gasteiger partial charge in [-0.05, 0) is 43.6 Å². The Labute approximate surface area is 153 Å². The number of hydrogen-bond acceptors (Lipinski definition) is 4. The molecule has 1 amide bonds. The van der Waals surface area contributed by atoms with E-state index in [1.54, 1.807) is 6.20 Å². The molecule has 1 aliphatic carbocycles. The lowest BCUT2D eigenvalue weighted by Gasteiger charge is -2.38. The standard InChI is InChI=1S/C20H25N5O/c1-13-3-6-25(7-4-13)18(26)10-14-8-16(9-14)24-19-15(11-21)12-23-20-17(19)2-5-22-20/h2,5,12-14,16H,3-4,6-10H2,1H3,(H2,22,23,24)/t14-,16+. The summed E-state index contributed by atoms with van der Waals surface area (Å²) >= 11 is 0. The number of aromatic amines is 1. The largest absolute Gasteiger partial charge is 0.381 e. The molecule has 1 saturated carbocycles. The van der Waals surface area contributed by atoms with Crippen LogP contribution in [0.15, 0.2) is 18.5 Å². The maximum absolute atomic E-state index is 12.5. The summed E-state index contributed by atoms with van der Waals surface area (Å²) < 4.78 is 0. The second kappa shape index (κ2) is 6.99. The van der Waals surface area contributed by atoms with Gasteiger partial charge in [-0.15, -0.1) is 0 Å². The minimum Gasteiger partial charge on any atom is -0.381 e. The molecule has 2 N–H and O–H groups in total. The molecule has 0 atom stereocenters. The van der Waals surface area contributed by atoms with Gasteiger partial charge in [0.05, 0.1) is 11.3 Å². The monoisotopic (exact) mass is 351 g/mol. The van der Waals surface area contributed by atoms with Crippen LogP contribution < -0.4 is 5.32 Å². The van der Waals surface area contributed by atoms with Crippen LogP contribution in [-0.2, 0) is 4.79 Å². The van der Waals surface area contributed by atoms with Gasteiger partial charge in [0.15, 0.2) is 0 Å². The molecule has 0 aromatic carbocycles. The van der Waals surface area contributed by atoms with Gasteiger partial charge in [-0.1, -0.05) is 6.92 Å². The SMILES string of the molecule is CC1CCN(C(=O)C[C@H]2C[C@@H](Nc3c(C#N)cnc4[nH]ccc34)C2)CC1. The van der Waals surface area contributed by atoms with Gasteiger partial charge in [-0.25, -0.2) is 4.98 Å². The third kappa shape index (κ3) is 3.26. The van der Waals surface area contributed by atoms with E-state index in [2.05, 4.69) is 28.3 Å². The minimum absolute atomic E-state index is 0.315. The number of nitriles is 1. The summed E-state index contributed by atoms with van der Waals surface area (Å²) in [5.41, 5.74) is 2.22. The number of carbonyl (C=O) groups excluding carboxylic acids is 1. The molecule has 2 aromatic heterocycles. The van der Waals surface area contributed by atoms with E-state index in [0.717, 1.165) is 61.4 Å². The first kappa shape index (κ1) is 16.9. The quantitative estimate of drug-likeness (QED) is 0.885. The number of pyridine rings is 1. The predicted octanol–water partition coefficient (Wildman–Crippen LogP) is 3.27. The van der Waals surface area contributed by atoms with Gasteiger partial charge >= 0.3 is 0 Å². The molecule has 4 rings (SSSR count). The van der Waals surface area contributed by atoms with E-state index in [9.17, 15) is 10.1 Å². The van der Waals surface area contributed by atoms with E-state index in [4.69, 9.17) is 0 Å². The molecule has 2 fully saturated rings. The lowest BCUT2D eigenvalue weighted by atomic mass is 9.77. The Morgan fingerprint density at radius 1 is 1.42 bits per heavy atom. The summed E-state index contributed by atoms with van der Waals surface area (Å²) in [6, 6.07) is 4.49. The van der Waals surface area contributed by atoms with Crippen molar-refractivity contribution >= 4 is 22.6 Å². The number of anilines is 1. The number of amides is 1. The van der Waals surface area contributed by atoms with Crippen molar-refractivity contribution in [2.75, 3.05) is 18.4 Å². The fourth-order valence-corrected chi connectivity index (χ4v) is 4.11. The van der Waals surface area contributed by atoms with E-state index in [1.165, 1.54) is 0 Å². The molecule has 26 heavy (non-hydrogen) atoms. The van der Waals surface area contributed by atoms with Gasteiger partial charge in [0.2, 0.25) is 5.91 Å². The van der Waals surface area contributed by atoms with E-state index < -0.39 is 0 Å². The van der Waals surface area contributed by atoms with E-state index in [1.807, 2.05) is 17.2 Å². The van der Waals surface area contributed by atoms with Crippen molar-refractivity contribution in [3.63, 3.8) is 0 Å². The maximum Gasteiger partial charge on any atom is 0.222 e. The lowest BCUT2D eigenvalue weighted by Crippen LogP contribution is -2.42. The van der Waals surface area contributed by atoms with Crippen LogP contribution in [0.5, 0.6) is 0 Å². The van der Waals surface area contributed by atoms with Crippen LogP contribution in [0.2, 0.25) is 0 Å². The molecule has 136 valence electrons. The Bertz CT molecular complexity index is 837. The summed E-state index contributed by atoms with van der Waals surface area (Å²) in [5.74, 6) is 1.51. The smallest absolute Gasteiger partial charge is 0.222 e. The molecule has 6 heteroatoms. The predicted molar refractivity (Wildman–Crippen MR) is 101 cm³/mol. The normalized spacial score (nSPS) is 23.5. The van der Waals surface area contributed by atoms with E-state index in [0.29, 0.717) is 29.9 Å². The Balaban J connectivity index is 1.33. The molecule has 2 aliphatic rings. The molecule has 0 unspecified atom stereocenters. The van der Waals surface area contributed by atoms with E-state index >= 15 is 0 Å². The first-order valence-corrected chi connectivity index (χ1v) is 9.54. The topological polar surface area (TPSA) is 84.8 Å². The second-order valence-electron chi connectivity index (χ2n) is 7.84. The third-order valence-corrected chi connectivity index (χ3v) is 5.89.